The Morgan fingerprint density at radius 3 is 2.23 bits per heavy atom. The van der Waals surface area contributed by atoms with E-state index in [1.165, 1.54) is 18.1 Å². The molecule has 35 heavy (non-hydrogen) atoms. The fourth-order valence-electron chi connectivity index (χ4n) is 4.24. The predicted molar refractivity (Wildman–Crippen MR) is 137 cm³/mol. The summed E-state index contributed by atoms with van der Waals surface area (Å²) < 4.78 is 6.45. The molecule has 1 atom stereocenters. The number of rotatable bonds is 13. The van der Waals surface area contributed by atoms with E-state index >= 15 is 0 Å². The molecule has 0 radical (unpaired) electrons. The summed E-state index contributed by atoms with van der Waals surface area (Å²) in [4.78, 5) is 22.9. The molecule has 5 nitrogen and oxygen atoms in total. The minimum absolute atomic E-state index is 0.0142. The number of Topliss-reactive ketones (excluding diaryl/α,β-unsaturated/α-hetero) is 1. The van der Waals surface area contributed by atoms with Crippen LogP contribution in [0.25, 0.3) is 0 Å². The normalized spacial score (nSPS) is 11.7. The van der Waals surface area contributed by atoms with Gasteiger partial charge in [0, 0.05) is 12.0 Å². The third-order valence-electron chi connectivity index (χ3n) is 6.10. The van der Waals surface area contributed by atoms with Crippen LogP contribution in [-0.2, 0) is 17.6 Å². The molecular weight excluding hydrogens is 440 g/mol. The minimum Gasteiger partial charge on any atom is -0.507 e. The van der Waals surface area contributed by atoms with Crippen LogP contribution in [0, 0.1) is 0 Å². The van der Waals surface area contributed by atoms with Crippen molar-refractivity contribution in [3.8, 4) is 11.5 Å². The number of phenols is 1. The van der Waals surface area contributed by atoms with Crippen molar-refractivity contribution in [2.24, 2.45) is 0 Å². The van der Waals surface area contributed by atoms with Crippen molar-refractivity contribution in [2.75, 3.05) is 0 Å². The van der Waals surface area contributed by atoms with Gasteiger partial charge in [-0.15, -0.1) is 0 Å². The standard InChI is InChI=1S/C30H34O5/c1-3-9-26-28(19-18-25(21(2)31)30(26)34)35-27(12-7-8-13-29(32)33)24-16-14-23(15-17-24)20-22-10-5-4-6-11-22/h4-6,10-11,14-19,27,34H,3,7-9,12-13,20H2,1-2H3,(H,32,33). The first-order chi connectivity index (χ1) is 16.9. The first-order valence-corrected chi connectivity index (χ1v) is 12.3. The molecule has 3 aromatic rings. The number of carbonyl (C=O) groups is 2. The molecular formula is C30H34O5. The lowest BCUT2D eigenvalue weighted by atomic mass is 9.98. The maximum Gasteiger partial charge on any atom is 0.303 e. The molecule has 0 spiro atoms. The van der Waals surface area contributed by atoms with Gasteiger partial charge in [-0.05, 0) is 67.9 Å². The number of carboxylic acid groups (broad SMARTS) is 1. The second kappa shape index (κ2) is 12.7. The van der Waals surface area contributed by atoms with Gasteiger partial charge in [-0.25, -0.2) is 0 Å². The summed E-state index contributed by atoms with van der Waals surface area (Å²) >= 11 is 0. The van der Waals surface area contributed by atoms with Gasteiger partial charge in [0.1, 0.15) is 17.6 Å². The van der Waals surface area contributed by atoms with Crippen molar-refractivity contribution < 1.29 is 24.5 Å². The van der Waals surface area contributed by atoms with Crippen LogP contribution in [0.2, 0.25) is 0 Å². The van der Waals surface area contributed by atoms with Gasteiger partial charge in [-0.1, -0.05) is 67.9 Å². The number of ketones is 1. The fourth-order valence-corrected chi connectivity index (χ4v) is 4.24. The summed E-state index contributed by atoms with van der Waals surface area (Å²) in [6.07, 6.45) is 3.96. The number of unbranched alkanes of at least 4 members (excludes halogenated alkanes) is 1. The van der Waals surface area contributed by atoms with E-state index in [1.54, 1.807) is 12.1 Å². The topological polar surface area (TPSA) is 83.8 Å². The molecule has 2 N–H and O–H groups in total. The van der Waals surface area contributed by atoms with Gasteiger partial charge in [0.05, 0.1) is 5.56 Å². The summed E-state index contributed by atoms with van der Waals surface area (Å²) in [6.45, 7) is 3.45. The zero-order valence-corrected chi connectivity index (χ0v) is 20.5. The number of aliphatic carboxylic acids is 1. The van der Waals surface area contributed by atoms with Gasteiger partial charge in [0.2, 0.25) is 0 Å². The van der Waals surface area contributed by atoms with E-state index in [0.29, 0.717) is 42.6 Å². The predicted octanol–water partition coefficient (Wildman–Crippen LogP) is 6.90. The highest BCUT2D eigenvalue weighted by Gasteiger charge is 2.20. The van der Waals surface area contributed by atoms with Crippen LogP contribution in [0.4, 0.5) is 0 Å². The van der Waals surface area contributed by atoms with Crippen LogP contribution in [0.5, 0.6) is 11.5 Å². The highest BCUT2D eigenvalue weighted by molar-refractivity contribution is 5.97. The lowest BCUT2D eigenvalue weighted by molar-refractivity contribution is -0.137. The first kappa shape index (κ1) is 26.0. The smallest absolute Gasteiger partial charge is 0.303 e. The van der Waals surface area contributed by atoms with Crippen molar-refractivity contribution in [3.63, 3.8) is 0 Å². The van der Waals surface area contributed by atoms with E-state index in [0.717, 1.165) is 18.4 Å². The molecule has 5 heteroatoms. The molecule has 3 rings (SSSR count). The van der Waals surface area contributed by atoms with E-state index in [9.17, 15) is 14.7 Å². The van der Waals surface area contributed by atoms with Crippen LogP contribution < -0.4 is 4.74 Å². The molecule has 184 valence electrons. The summed E-state index contributed by atoms with van der Waals surface area (Å²) in [7, 11) is 0. The highest BCUT2D eigenvalue weighted by Crippen LogP contribution is 2.36. The summed E-state index contributed by atoms with van der Waals surface area (Å²) in [5.74, 6) is -0.445. The van der Waals surface area contributed by atoms with Gasteiger partial charge in [-0.2, -0.15) is 0 Å². The van der Waals surface area contributed by atoms with Crippen molar-refractivity contribution in [1.82, 2.24) is 0 Å². The Kier molecular flexibility index (Phi) is 9.47. The SMILES string of the molecule is CCCc1c(OC(CCCCC(=O)O)c2ccc(Cc3ccccc3)cc2)ccc(C(C)=O)c1O. The number of phenolic OH excluding ortho intramolecular Hbond substituents is 1. The Morgan fingerprint density at radius 1 is 0.914 bits per heavy atom. The van der Waals surface area contributed by atoms with Crippen molar-refractivity contribution in [1.29, 1.82) is 0 Å². The third-order valence-corrected chi connectivity index (χ3v) is 6.10. The van der Waals surface area contributed by atoms with Crippen molar-refractivity contribution in [3.05, 3.63) is 94.5 Å². The number of ether oxygens (including phenoxy) is 1. The maximum absolute atomic E-state index is 11.9. The largest absolute Gasteiger partial charge is 0.507 e. The number of benzene rings is 3. The van der Waals surface area contributed by atoms with E-state index < -0.39 is 5.97 Å². The average Bonchev–Trinajstić information content (AvgIpc) is 2.84. The van der Waals surface area contributed by atoms with E-state index in [1.807, 2.05) is 25.1 Å². The molecule has 0 aliphatic rings. The Bertz CT molecular complexity index is 1120. The number of carboxylic acids is 1. The molecule has 0 aliphatic heterocycles. The Hall–Kier alpha value is -3.60. The molecule has 0 fully saturated rings. The van der Waals surface area contributed by atoms with Gasteiger partial charge in [-0.3, -0.25) is 9.59 Å². The Morgan fingerprint density at radius 2 is 1.60 bits per heavy atom. The molecule has 0 aromatic heterocycles. The highest BCUT2D eigenvalue weighted by atomic mass is 16.5. The van der Waals surface area contributed by atoms with E-state index in [4.69, 9.17) is 9.84 Å². The second-order valence-electron chi connectivity index (χ2n) is 8.89. The van der Waals surface area contributed by atoms with E-state index in [-0.39, 0.29) is 24.1 Å². The number of carbonyl (C=O) groups excluding carboxylic acids is 1. The second-order valence-corrected chi connectivity index (χ2v) is 8.89. The third kappa shape index (κ3) is 7.44. The van der Waals surface area contributed by atoms with Crippen LogP contribution in [0.3, 0.4) is 0 Å². The van der Waals surface area contributed by atoms with Crippen LogP contribution in [0.15, 0.2) is 66.7 Å². The molecule has 3 aromatic carbocycles. The molecule has 0 saturated heterocycles. The number of hydrogen-bond donors (Lipinski definition) is 2. The van der Waals surface area contributed by atoms with Crippen molar-refractivity contribution in [2.45, 2.75) is 64.9 Å². The zero-order valence-electron chi connectivity index (χ0n) is 20.5. The zero-order chi connectivity index (χ0) is 25.2. The monoisotopic (exact) mass is 474 g/mol. The molecule has 0 bridgehead atoms. The first-order valence-electron chi connectivity index (χ1n) is 12.3. The Labute approximate surface area is 207 Å². The molecule has 0 saturated carbocycles. The van der Waals surface area contributed by atoms with Gasteiger partial charge in [0.15, 0.2) is 5.78 Å². The van der Waals surface area contributed by atoms with Crippen LogP contribution in [-0.4, -0.2) is 22.0 Å². The maximum atomic E-state index is 11.9. The summed E-state index contributed by atoms with van der Waals surface area (Å²) in [5.41, 5.74) is 4.36. The van der Waals surface area contributed by atoms with Gasteiger partial charge < -0.3 is 14.9 Å². The summed E-state index contributed by atoms with van der Waals surface area (Å²) in [6, 6.07) is 22.0. The van der Waals surface area contributed by atoms with Gasteiger partial charge in [0.25, 0.3) is 0 Å². The molecule has 1 unspecified atom stereocenters. The summed E-state index contributed by atoms with van der Waals surface area (Å²) in [5, 5.41) is 19.7. The number of hydrogen-bond acceptors (Lipinski definition) is 4. The average molecular weight is 475 g/mol. The molecule has 0 aliphatic carbocycles. The van der Waals surface area contributed by atoms with Crippen LogP contribution in [0.1, 0.15) is 84.7 Å². The minimum atomic E-state index is -0.803. The van der Waals surface area contributed by atoms with Gasteiger partial charge >= 0.3 is 5.97 Å². The van der Waals surface area contributed by atoms with Crippen LogP contribution >= 0.6 is 0 Å². The fraction of sp³-hybridized carbons (Fsp3) is 0.333. The quantitative estimate of drug-likeness (QED) is 0.208. The number of aromatic hydroxyl groups is 1. The lowest BCUT2D eigenvalue weighted by Crippen LogP contribution is -2.11. The lowest BCUT2D eigenvalue weighted by Gasteiger charge is -2.23. The van der Waals surface area contributed by atoms with Crippen molar-refractivity contribution >= 4 is 11.8 Å². The molecule has 0 heterocycles. The van der Waals surface area contributed by atoms with E-state index in [2.05, 4.69) is 36.4 Å². The Balaban J connectivity index is 1.85. The molecule has 0 amide bonds.